The monoisotopic (exact) mass is 466 g/mol. The first kappa shape index (κ1) is 21.9. The summed E-state index contributed by atoms with van der Waals surface area (Å²) in [7, 11) is 0. The molecule has 0 saturated carbocycles. The number of carbonyl (C=O) groups excluding carboxylic acids is 1. The Morgan fingerprint density at radius 2 is 1.78 bits per heavy atom. The van der Waals surface area contributed by atoms with E-state index in [0.717, 1.165) is 16.8 Å². The second-order valence-corrected chi connectivity index (χ2v) is 7.72. The fraction of sp³-hybridized carbons (Fsp3) is 0.120. The second kappa shape index (κ2) is 9.90. The van der Waals surface area contributed by atoms with Crippen LogP contribution in [0.5, 0.6) is 5.75 Å². The molecule has 7 heteroatoms. The summed E-state index contributed by atoms with van der Waals surface area (Å²) in [6.45, 7) is 2.42. The molecule has 0 amide bonds. The van der Waals surface area contributed by atoms with Crippen LogP contribution in [0.4, 0.5) is 0 Å². The van der Waals surface area contributed by atoms with E-state index >= 15 is 0 Å². The van der Waals surface area contributed by atoms with Crippen LogP contribution >= 0.6 is 23.2 Å². The van der Waals surface area contributed by atoms with Crippen molar-refractivity contribution in [3.8, 4) is 22.8 Å². The van der Waals surface area contributed by atoms with Gasteiger partial charge in [-0.05, 0) is 55.0 Å². The number of carbonyl (C=O) groups is 1. The molecule has 5 nitrogen and oxygen atoms in total. The van der Waals surface area contributed by atoms with Crippen molar-refractivity contribution in [3.05, 3.63) is 100 Å². The molecule has 0 saturated heterocycles. The molecule has 4 rings (SSSR count). The minimum absolute atomic E-state index is 0.201. The van der Waals surface area contributed by atoms with Gasteiger partial charge in [0.2, 0.25) is 0 Å². The Labute approximate surface area is 196 Å². The summed E-state index contributed by atoms with van der Waals surface area (Å²) in [5.74, 6) is 0.638. The lowest BCUT2D eigenvalue weighted by Crippen LogP contribution is -2.09. The maximum Gasteiger partial charge on any atom is 0.356 e. The maximum absolute atomic E-state index is 12.2. The van der Waals surface area contributed by atoms with Gasteiger partial charge in [0.25, 0.3) is 0 Å². The third-order valence-electron chi connectivity index (χ3n) is 4.74. The zero-order valence-electron chi connectivity index (χ0n) is 17.3. The van der Waals surface area contributed by atoms with Crippen LogP contribution < -0.4 is 4.74 Å². The average Bonchev–Trinajstić information content (AvgIpc) is 3.20. The van der Waals surface area contributed by atoms with Crippen molar-refractivity contribution in [3.63, 3.8) is 0 Å². The number of halogens is 2. The molecule has 162 valence electrons. The van der Waals surface area contributed by atoms with Crippen molar-refractivity contribution in [1.29, 1.82) is 0 Å². The molecule has 2 aromatic heterocycles. The number of ether oxygens (including phenoxy) is 2. The highest BCUT2D eigenvalue weighted by Crippen LogP contribution is 2.37. The molecule has 4 aromatic rings. The summed E-state index contributed by atoms with van der Waals surface area (Å²) < 4.78 is 12.9. The zero-order valence-corrected chi connectivity index (χ0v) is 18.8. The number of pyridine rings is 1. The number of nitrogens with zero attached hydrogens (tertiary/aromatic N) is 2. The van der Waals surface area contributed by atoms with Crippen LogP contribution in [-0.4, -0.2) is 22.1 Å². The molecule has 0 spiro atoms. The molecule has 0 radical (unpaired) electrons. The fourth-order valence-electron chi connectivity index (χ4n) is 3.28. The lowest BCUT2D eigenvalue weighted by Gasteiger charge is -2.15. The number of hydrogen-bond acceptors (Lipinski definition) is 4. The molecule has 0 N–H and O–H groups in total. The van der Waals surface area contributed by atoms with E-state index < -0.39 is 5.97 Å². The Kier molecular flexibility index (Phi) is 6.78. The van der Waals surface area contributed by atoms with Gasteiger partial charge >= 0.3 is 5.97 Å². The summed E-state index contributed by atoms with van der Waals surface area (Å²) >= 11 is 12.8. The van der Waals surface area contributed by atoms with E-state index in [1.165, 1.54) is 0 Å². The van der Waals surface area contributed by atoms with Crippen molar-refractivity contribution in [1.82, 2.24) is 9.55 Å². The van der Waals surface area contributed by atoms with Gasteiger partial charge in [-0.15, -0.1) is 0 Å². The smallest absolute Gasteiger partial charge is 0.356 e. The lowest BCUT2D eigenvalue weighted by atomic mass is 10.1. The van der Waals surface area contributed by atoms with Gasteiger partial charge in [0.1, 0.15) is 23.3 Å². The molecule has 0 bridgehead atoms. The van der Waals surface area contributed by atoms with Crippen LogP contribution in [0.25, 0.3) is 17.1 Å². The fourth-order valence-corrected chi connectivity index (χ4v) is 3.70. The van der Waals surface area contributed by atoms with Crippen molar-refractivity contribution < 1.29 is 14.3 Å². The van der Waals surface area contributed by atoms with Gasteiger partial charge in [0.15, 0.2) is 5.69 Å². The molecule has 32 heavy (non-hydrogen) atoms. The predicted octanol–water partition coefficient (Wildman–Crippen LogP) is 6.60. The third-order valence-corrected chi connectivity index (χ3v) is 5.27. The van der Waals surface area contributed by atoms with E-state index in [4.69, 9.17) is 32.7 Å². The van der Waals surface area contributed by atoms with E-state index in [2.05, 4.69) is 4.98 Å². The quantitative estimate of drug-likeness (QED) is 0.287. The van der Waals surface area contributed by atoms with Crippen molar-refractivity contribution in [2.75, 3.05) is 6.61 Å². The summed E-state index contributed by atoms with van der Waals surface area (Å²) in [5.41, 5.74) is 2.73. The standard InChI is InChI=1S/C25H20Cl2N2O3/c1-2-31-25(30)20-9-6-10-24(28-20)29-21(12-14-23(29)27)19-15-18(26)11-13-22(19)32-16-17-7-4-3-5-8-17/h3-15H,2,16H2,1H3. The molecule has 2 heterocycles. The van der Waals surface area contributed by atoms with Crippen molar-refractivity contribution in [2.24, 2.45) is 0 Å². The maximum atomic E-state index is 12.2. The molecule has 0 fully saturated rings. The van der Waals surface area contributed by atoms with Crippen molar-refractivity contribution >= 4 is 29.2 Å². The Morgan fingerprint density at radius 3 is 2.56 bits per heavy atom. The number of aromatic nitrogens is 2. The first-order chi connectivity index (χ1) is 15.6. The molecule has 0 aliphatic rings. The van der Waals surface area contributed by atoms with E-state index in [1.807, 2.05) is 48.5 Å². The molecular formula is C25H20Cl2N2O3. The first-order valence-corrected chi connectivity index (χ1v) is 10.8. The lowest BCUT2D eigenvalue weighted by molar-refractivity contribution is 0.0519. The SMILES string of the molecule is CCOC(=O)c1cccc(-n2c(Cl)ccc2-c2cc(Cl)ccc2OCc2ccccc2)n1. The molecule has 2 aromatic carbocycles. The van der Waals surface area contributed by atoms with Gasteiger partial charge < -0.3 is 9.47 Å². The van der Waals surface area contributed by atoms with Crippen LogP contribution in [0.1, 0.15) is 23.0 Å². The second-order valence-electron chi connectivity index (χ2n) is 6.89. The Morgan fingerprint density at radius 1 is 0.969 bits per heavy atom. The van der Waals surface area contributed by atoms with Crippen LogP contribution in [0.15, 0.2) is 78.9 Å². The Balaban J connectivity index is 1.74. The number of benzene rings is 2. The number of rotatable bonds is 7. The third kappa shape index (κ3) is 4.79. The summed E-state index contributed by atoms with van der Waals surface area (Å²) in [6, 6.07) is 24.1. The molecular weight excluding hydrogens is 447 g/mol. The first-order valence-electron chi connectivity index (χ1n) is 10.0. The molecule has 0 unspecified atom stereocenters. The van der Waals surface area contributed by atoms with Gasteiger partial charge in [-0.25, -0.2) is 9.78 Å². The Bertz CT molecular complexity index is 1240. The van der Waals surface area contributed by atoms with Crippen LogP contribution in [0.3, 0.4) is 0 Å². The van der Waals surface area contributed by atoms with E-state index in [9.17, 15) is 4.79 Å². The van der Waals surface area contributed by atoms with Gasteiger partial charge in [0, 0.05) is 10.6 Å². The summed E-state index contributed by atoms with van der Waals surface area (Å²) in [5, 5.41) is 0.992. The highest BCUT2D eigenvalue weighted by molar-refractivity contribution is 6.31. The van der Waals surface area contributed by atoms with Gasteiger partial charge in [-0.2, -0.15) is 0 Å². The summed E-state index contributed by atoms with van der Waals surface area (Å²) in [6.07, 6.45) is 0. The van der Waals surface area contributed by atoms with Gasteiger partial charge in [-0.3, -0.25) is 4.57 Å². The Hall–Kier alpha value is -3.28. The molecule has 0 aliphatic heterocycles. The predicted molar refractivity (Wildman–Crippen MR) is 126 cm³/mol. The van der Waals surface area contributed by atoms with Gasteiger partial charge in [-0.1, -0.05) is 59.6 Å². The van der Waals surface area contributed by atoms with E-state index in [0.29, 0.717) is 28.3 Å². The summed E-state index contributed by atoms with van der Waals surface area (Å²) in [4.78, 5) is 16.6. The van der Waals surface area contributed by atoms with E-state index in [1.54, 1.807) is 41.8 Å². The highest BCUT2D eigenvalue weighted by Gasteiger charge is 2.18. The van der Waals surface area contributed by atoms with Crippen molar-refractivity contribution in [2.45, 2.75) is 13.5 Å². The van der Waals surface area contributed by atoms with Crippen LogP contribution in [-0.2, 0) is 11.3 Å². The minimum atomic E-state index is -0.492. The molecule has 0 aliphatic carbocycles. The number of hydrogen-bond donors (Lipinski definition) is 0. The largest absolute Gasteiger partial charge is 0.488 e. The topological polar surface area (TPSA) is 53.4 Å². The molecule has 0 atom stereocenters. The zero-order chi connectivity index (χ0) is 22.5. The van der Waals surface area contributed by atoms with Gasteiger partial charge in [0.05, 0.1) is 12.3 Å². The van der Waals surface area contributed by atoms with Crippen LogP contribution in [0, 0.1) is 0 Å². The van der Waals surface area contributed by atoms with E-state index in [-0.39, 0.29) is 12.3 Å². The van der Waals surface area contributed by atoms with Crippen LogP contribution in [0.2, 0.25) is 10.2 Å². The highest BCUT2D eigenvalue weighted by atomic mass is 35.5. The minimum Gasteiger partial charge on any atom is -0.488 e. The number of esters is 1. The normalized spacial score (nSPS) is 10.7. The average molecular weight is 467 g/mol.